The Morgan fingerprint density at radius 3 is 2.62 bits per heavy atom. The number of nitrogens with zero attached hydrogens (tertiary/aromatic N) is 4. The van der Waals surface area contributed by atoms with Crippen molar-refractivity contribution in [3.05, 3.63) is 47.4 Å². The molecule has 1 fully saturated rings. The number of carbonyl (C=O) groups excluding carboxylic acids is 2. The maximum absolute atomic E-state index is 15.0. The number of aliphatic hydroxyl groups excluding tert-OH is 1. The molecule has 11 heteroatoms. The molecule has 0 saturated heterocycles. The quantitative estimate of drug-likeness (QED) is 0.325. The summed E-state index contributed by atoms with van der Waals surface area (Å²) < 4.78 is 16.5. The van der Waals surface area contributed by atoms with Gasteiger partial charge in [-0.3, -0.25) is 19.4 Å². The number of aromatic amines is 1. The lowest BCUT2D eigenvalue weighted by atomic mass is 9.79. The topological polar surface area (TPSA) is 138 Å². The van der Waals surface area contributed by atoms with Gasteiger partial charge >= 0.3 is 0 Å². The number of hydrogen-bond acceptors (Lipinski definition) is 6. The zero-order chi connectivity index (χ0) is 26.5. The number of aliphatic hydroxyl groups is 1. The lowest BCUT2D eigenvalue weighted by Crippen LogP contribution is -2.49. The Hall–Kier alpha value is -3.60. The molecule has 0 radical (unpaired) electrons. The minimum atomic E-state index is -0.816. The van der Waals surface area contributed by atoms with Crippen LogP contribution in [0.2, 0.25) is 0 Å². The van der Waals surface area contributed by atoms with Gasteiger partial charge in [0.2, 0.25) is 11.9 Å². The molecule has 3 aromatic rings. The summed E-state index contributed by atoms with van der Waals surface area (Å²) in [5.41, 5.74) is 2.63. The summed E-state index contributed by atoms with van der Waals surface area (Å²) in [4.78, 5) is 30.6. The van der Waals surface area contributed by atoms with Gasteiger partial charge in [0, 0.05) is 36.2 Å². The first kappa shape index (κ1) is 26.5. The molecule has 3 heterocycles. The summed E-state index contributed by atoms with van der Waals surface area (Å²) in [6.07, 6.45) is 5.48. The van der Waals surface area contributed by atoms with Crippen LogP contribution < -0.4 is 10.6 Å². The van der Waals surface area contributed by atoms with Gasteiger partial charge in [-0.2, -0.15) is 14.6 Å². The lowest BCUT2D eigenvalue weighted by molar-refractivity contribution is -0.119. The maximum Gasteiger partial charge on any atom is 0.270 e. The number of rotatable bonds is 9. The van der Waals surface area contributed by atoms with E-state index < -0.39 is 23.8 Å². The van der Waals surface area contributed by atoms with Crippen molar-refractivity contribution in [2.75, 3.05) is 11.9 Å². The number of aromatic nitrogens is 5. The monoisotopic (exact) mass is 511 g/mol. The molecule has 37 heavy (non-hydrogen) atoms. The van der Waals surface area contributed by atoms with E-state index in [0.717, 1.165) is 31.4 Å². The Labute approximate surface area is 215 Å². The fourth-order valence-corrected chi connectivity index (χ4v) is 5.00. The molecule has 0 aliphatic heterocycles. The number of pyridine rings is 1. The SMILES string of the molecule is Cc1n[nH]c(C)c1-c1ccc(NC(=O)[C@@H](NC(=O)c2ccnn2CCCO)[C@H]2CC[C@H](C)CC2)nc1F. The van der Waals surface area contributed by atoms with E-state index in [0.29, 0.717) is 41.4 Å². The predicted octanol–water partition coefficient (Wildman–Crippen LogP) is 3.37. The second-order valence-corrected chi connectivity index (χ2v) is 9.82. The van der Waals surface area contributed by atoms with Crippen LogP contribution in [-0.4, -0.2) is 54.5 Å². The molecule has 1 aliphatic carbocycles. The minimum absolute atomic E-state index is 0.0196. The van der Waals surface area contributed by atoms with E-state index in [-0.39, 0.29) is 18.3 Å². The van der Waals surface area contributed by atoms with Crippen LogP contribution in [0.1, 0.15) is 60.9 Å². The van der Waals surface area contributed by atoms with E-state index in [1.807, 2.05) is 0 Å². The van der Waals surface area contributed by atoms with Gasteiger partial charge < -0.3 is 15.7 Å². The molecule has 0 bridgehead atoms. The van der Waals surface area contributed by atoms with Crippen molar-refractivity contribution in [2.24, 2.45) is 11.8 Å². The Bertz CT molecular complexity index is 1230. The number of hydrogen-bond donors (Lipinski definition) is 4. The average Bonchev–Trinajstić information content (AvgIpc) is 3.48. The molecule has 1 saturated carbocycles. The summed E-state index contributed by atoms with van der Waals surface area (Å²) in [5, 5.41) is 25.8. The fraction of sp³-hybridized carbons (Fsp3) is 0.500. The van der Waals surface area contributed by atoms with Gasteiger partial charge in [-0.05, 0) is 63.1 Å². The molecule has 0 spiro atoms. The van der Waals surface area contributed by atoms with Crippen LogP contribution in [0.3, 0.4) is 0 Å². The molecular weight excluding hydrogens is 477 g/mol. The Morgan fingerprint density at radius 1 is 1.22 bits per heavy atom. The van der Waals surface area contributed by atoms with Gasteiger partial charge in [-0.1, -0.05) is 19.8 Å². The summed E-state index contributed by atoms with van der Waals surface area (Å²) in [6.45, 7) is 6.13. The Balaban J connectivity index is 1.53. The number of amides is 2. The third-order valence-electron chi connectivity index (χ3n) is 7.08. The smallest absolute Gasteiger partial charge is 0.270 e. The maximum atomic E-state index is 15.0. The normalized spacial score (nSPS) is 18.4. The summed E-state index contributed by atoms with van der Waals surface area (Å²) in [5.74, 6) is -1.01. The summed E-state index contributed by atoms with van der Waals surface area (Å²) in [6, 6.07) is 3.89. The molecule has 2 amide bonds. The van der Waals surface area contributed by atoms with Gasteiger partial charge in [0.05, 0.1) is 5.69 Å². The van der Waals surface area contributed by atoms with Gasteiger partial charge in [0.15, 0.2) is 0 Å². The number of halogens is 1. The van der Waals surface area contributed by atoms with Crippen LogP contribution in [-0.2, 0) is 11.3 Å². The van der Waals surface area contributed by atoms with E-state index in [2.05, 4.69) is 37.8 Å². The molecule has 4 N–H and O–H groups in total. The van der Waals surface area contributed by atoms with Crippen molar-refractivity contribution >= 4 is 17.6 Å². The second-order valence-electron chi connectivity index (χ2n) is 9.82. The second kappa shape index (κ2) is 11.6. The molecule has 0 unspecified atom stereocenters. The number of nitrogens with one attached hydrogen (secondary N) is 3. The highest BCUT2D eigenvalue weighted by atomic mass is 19.1. The fourth-order valence-electron chi connectivity index (χ4n) is 5.00. The first-order chi connectivity index (χ1) is 17.8. The largest absolute Gasteiger partial charge is 0.396 e. The molecule has 3 aromatic heterocycles. The van der Waals surface area contributed by atoms with Crippen LogP contribution in [0.5, 0.6) is 0 Å². The van der Waals surface area contributed by atoms with Crippen LogP contribution in [0, 0.1) is 31.6 Å². The van der Waals surface area contributed by atoms with Crippen LogP contribution in [0.15, 0.2) is 24.4 Å². The zero-order valence-electron chi connectivity index (χ0n) is 21.4. The van der Waals surface area contributed by atoms with E-state index >= 15 is 0 Å². The Kier molecular flexibility index (Phi) is 8.32. The molecule has 1 aliphatic rings. The molecule has 4 rings (SSSR count). The van der Waals surface area contributed by atoms with Crippen molar-refractivity contribution in [1.82, 2.24) is 30.3 Å². The van der Waals surface area contributed by atoms with E-state index in [9.17, 15) is 14.0 Å². The van der Waals surface area contributed by atoms with Crippen molar-refractivity contribution < 1.29 is 19.1 Å². The molecule has 10 nitrogen and oxygen atoms in total. The lowest BCUT2D eigenvalue weighted by Gasteiger charge is -2.32. The first-order valence-corrected chi connectivity index (χ1v) is 12.7. The van der Waals surface area contributed by atoms with Crippen molar-refractivity contribution in [3.63, 3.8) is 0 Å². The van der Waals surface area contributed by atoms with Gasteiger partial charge in [-0.25, -0.2) is 4.98 Å². The van der Waals surface area contributed by atoms with Crippen molar-refractivity contribution in [2.45, 2.75) is 65.5 Å². The number of carbonyl (C=O) groups is 2. The van der Waals surface area contributed by atoms with Crippen LogP contribution in [0.25, 0.3) is 11.1 Å². The molecule has 1 atom stereocenters. The Morgan fingerprint density at radius 2 is 1.97 bits per heavy atom. The highest BCUT2D eigenvalue weighted by molar-refractivity contribution is 6.00. The summed E-state index contributed by atoms with van der Waals surface area (Å²) >= 11 is 0. The number of anilines is 1. The number of H-pyrrole nitrogens is 1. The minimum Gasteiger partial charge on any atom is -0.396 e. The van der Waals surface area contributed by atoms with Gasteiger partial charge in [0.25, 0.3) is 5.91 Å². The first-order valence-electron chi connectivity index (χ1n) is 12.7. The third kappa shape index (κ3) is 6.04. The van der Waals surface area contributed by atoms with Gasteiger partial charge in [-0.15, -0.1) is 0 Å². The standard InChI is InChI=1S/C26H34FN7O3/c1-15-5-7-18(8-6-15)23(31-25(36)20-11-12-28-34(20)13-4-14-35)26(37)30-21-10-9-19(24(27)29-21)22-16(2)32-33-17(22)3/h9-12,15,18,23,35H,4-8,13-14H2,1-3H3,(H,31,36)(H,32,33)(H,29,30,37)/t15-,18-,23-/m0/s1. The highest BCUT2D eigenvalue weighted by Crippen LogP contribution is 2.32. The molecular formula is C26H34FN7O3. The van der Waals surface area contributed by atoms with E-state index in [1.54, 1.807) is 32.0 Å². The van der Waals surface area contributed by atoms with Gasteiger partial charge in [0.1, 0.15) is 17.6 Å². The summed E-state index contributed by atoms with van der Waals surface area (Å²) in [7, 11) is 0. The molecule has 0 aromatic carbocycles. The molecule has 198 valence electrons. The van der Waals surface area contributed by atoms with Crippen LogP contribution >= 0.6 is 0 Å². The zero-order valence-corrected chi connectivity index (χ0v) is 21.4. The highest BCUT2D eigenvalue weighted by Gasteiger charge is 2.33. The third-order valence-corrected chi connectivity index (χ3v) is 7.08. The van der Waals surface area contributed by atoms with Crippen LogP contribution in [0.4, 0.5) is 10.2 Å². The predicted molar refractivity (Wildman–Crippen MR) is 136 cm³/mol. The number of aryl methyl sites for hydroxylation is 3. The van der Waals surface area contributed by atoms with Crippen molar-refractivity contribution in [1.29, 1.82) is 0 Å². The van der Waals surface area contributed by atoms with Crippen molar-refractivity contribution in [3.8, 4) is 11.1 Å². The van der Waals surface area contributed by atoms with E-state index in [4.69, 9.17) is 5.11 Å². The van der Waals surface area contributed by atoms with E-state index in [1.165, 1.54) is 10.9 Å². The average molecular weight is 512 g/mol.